The van der Waals surface area contributed by atoms with E-state index in [1.807, 2.05) is 12.4 Å². The summed E-state index contributed by atoms with van der Waals surface area (Å²) in [7, 11) is 0. The van der Waals surface area contributed by atoms with Crippen LogP contribution in [0.15, 0.2) is 24.5 Å². The summed E-state index contributed by atoms with van der Waals surface area (Å²) in [6, 6.07) is 4.67. The highest BCUT2D eigenvalue weighted by Crippen LogP contribution is 2.25. The fourth-order valence-corrected chi connectivity index (χ4v) is 2.54. The molecule has 2 unspecified atom stereocenters. The van der Waals surface area contributed by atoms with Crippen LogP contribution >= 0.6 is 0 Å². The van der Waals surface area contributed by atoms with E-state index in [4.69, 9.17) is 5.73 Å². The van der Waals surface area contributed by atoms with Gasteiger partial charge in [0.15, 0.2) is 0 Å². The number of aromatic nitrogens is 1. The fraction of sp³-hybridized carbons (Fsp3) is 0.615. The topological polar surface area (TPSA) is 38.9 Å². The first-order valence-electron chi connectivity index (χ1n) is 5.99. The molecule has 0 spiro atoms. The third kappa shape index (κ3) is 3.31. The van der Waals surface area contributed by atoms with Crippen LogP contribution in [0.1, 0.15) is 37.7 Å². The van der Waals surface area contributed by atoms with Crippen molar-refractivity contribution in [1.82, 2.24) is 4.98 Å². The van der Waals surface area contributed by atoms with Crippen molar-refractivity contribution in [2.24, 2.45) is 11.7 Å². The lowest BCUT2D eigenvalue weighted by Gasteiger charge is -2.16. The number of pyridine rings is 1. The molecular formula is C13H20N2. The highest BCUT2D eigenvalue weighted by molar-refractivity contribution is 5.10. The largest absolute Gasteiger partial charge is 0.328 e. The Hall–Kier alpha value is -0.890. The summed E-state index contributed by atoms with van der Waals surface area (Å²) in [5.74, 6) is 0.782. The fourth-order valence-electron chi connectivity index (χ4n) is 2.54. The Balaban J connectivity index is 1.93. The summed E-state index contributed by atoms with van der Waals surface area (Å²) in [6.45, 7) is 0. The lowest BCUT2D eigenvalue weighted by atomic mass is 9.92. The number of nitrogens with zero attached hydrogens (tertiary/aromatic N) is 1. The van der Waals surface area contributed by atoms with Crippen molar-refractivity contribution >= 4 is 0 Å². The van der Waals surface area contributed by atoms with Crippen LogP contribution in [-0.2, 0) is 6.42 Å². The second-order valence-corrected chi connectivity index (χ2v) is 4.71. The van der Waals surface area contributed by atoms with Gasteiger partial charge in [0, 0.05) is 18.4 Å². The van der Waals surface area contributed by atoms with Gasteiger partial charge in [-0.15, -0.1) is 0 Å². The Morgan fingerprint density at radius 1 is 1.20 bits per heavy atom. The Morgan fingerprint density at radius 2 is 1.93 bits per heavy atom. The summed E-state index contributed by atoms with van der Waals surface area (Å²) < 4.78 is 0. The summed E-state index contributed by atoms with van der Waals surface area (Å²) in [5, 5.41) is 0. The first kappa shape index (κ1) is 10.6. The van der Waals surface area contributed by atoms with Gasteiger partial charge in [0.1, 0.15) is 0 Å². The predicted molar refractivity (Wildman–Crippen MR) is 62.5 cm³/mol. The Morgan fingerprint density at radius 3 is 2.73 bits per heavy atom. The van der Waals surface area contributed by atoms with Crippen molar-refractivity contribution in [3.05, 3.63) is 30.1 Å². The van der Waals surface area contributed by atoms with Gasteiger partial charge >= 0.3 is 0 Å². The summed E-state index contributed by atoms with van der Waals surface area (Å²) in [4.78, 5) is 4.05. The minimum Gasteiger partial charge on any atom is -0.328 e. The van der Waals surface area contributed by atoms with Gasteiger partial charge in [0.25, 0.3) is 0 Å². The predicted octanol–water partition coefficient (Wildman–Crippen LogP) is 2.53. The molecule has 1 fully saturated rings. The zero-order valence-corrected chi connectivity index (χ0v) is 9.23. The number of nitrogens with two attached hydrogens (primary N) is 1. The molecule has 1 aliphatic carbocycles. The van der Waals surface area contributed by atoms with E-state index in [1.54, 1.807) is 0 Å². The molecule has 15 heavy (non-hydrogen) atoms. The number of rotatable bonds is 2. The molecule has 1 aliphatic rings. The van der Waals surface area contributed by atoms with E-state index in [9.17, 15) is 0 Å². The maximum Gasteiger partial charge on any atom is 0.0270 e. The van der Waals surface area contributed by atoms with Gasteiger partial charge < -0.3 is 5.73 Å². The molecule has 2 nitrogen and oxygen atoms in total. The summed E-state index contributed by atoms with van der Waals surface area (Å²) in [5.41, 5.74) is 7.47. The van der Waals surface area contributed by atoms with E-state index in [1.165, 1.54) is 44.1 Å². The van der Waals surface area contributed by atoms with Crippen molar-refractivity contribution in [1.29, 1.82) is 0 Å². The van der Waals surface area contributed by atoms with Crippen LogP contribution in [0.25, 0.3) is 0 Å². The van der Waals surface area contributed by atoms with Gasteiger partial charge in [0.05, 0.1) is 0 Å². The monoisotopic (exact) mass is 204 g/mol. The molecule has 1 aromatic heterocycles. The van der Waals surface area contributed by atoms with Crippen molar-refractivity contribution in [3.63, 3.8) is 0 Å². The van der Waals surface area contributed by atoms with Gasteiger partial charge in [-0.1, -0.05) is 19.3 Å². The van der Waals surface area contributed by atoms with Gasteiger partial charge in [-0.2, -0.15) is 0 Å². The molecule has 2 N–H and O–H groups in total. The van der Waals surface area contributed by atoms with Crippen LogP contribution < -0.4 is 5.73 Å². The molecule has 1 aromatic rings. The van der Waals surface area contributed by atoms with Crippen molar-refractivity contribution in [2.75, 3.05) is 0 Å². The van der Waals surface area contributed by atoms with Crippen LogP contribution in [0, 0.1) is 5.92 Å². The molecule has 1 heterocycles. The van der Waals surface area contributed by atoms with E-state index in [0.717, 1.165) is 5.92 Å². The second kappa shape index (κ2) is 5.26. The minimum absolute atomic E-state index is 0.430. The van der Waals surface area contributed by atoms with Crippen LogP contribution in [0.2, 0.25) is 0 Å². The van der Waals surface area contributed by atoms with E-state index in [2.05, 4.69) is 17.1 Å². The lowest BCUT2D eigenvalue weighted by molar-refractivity contribution is 0.431. The normalized spacial score (nSPS) is 27.3. The zero-order chi connectivity index (χ0) is 10.5. The van der Waals surface area contributed by atoms with Crippen molar-refractivity contribution in [3.8, 4) is 0 Å². The highest BCUT2D eigenvalue weighted by atomic mass is 14.6. The first-order valence-corrected chi connectivity index (χ1v) is 5.99. The van der Waals surface area contributed by atoms with Gasteiger partial charge in [-0.3, -0.25) is 4.98 Å². The molecular weight excluding hydrogens is 184 g/mol. The second-order valence-electron chi connectivity index (χ2n) is 4.71. The molecule has 2 rings (SSSR count). The molecule has 1 saturated carbocycles. The third-order valence-corrected chi connectivity index (χ3v) is 3.35. The molecule has 0 bridgehead atoms. The average Bonchev–Trinajstić information content (AvgIpc) is 2.44. The molecule has 0 saturated heterocycles. The number of hydrogen-bond donors (Lipinski definition) is 1. The van der Waals surface area contributed by atoms with E-state index >= 15 is 0 Å². The van der Waals surface area contributed by atoms with E-state index < -0.39 is 0 Å². The van der Waals surface area contributed by atoms with Crippen LogP contribution in [0.3, 0.4) is 0 Å². The maximum atomic E-state index is 6.07. The van der Waals surface area contributed by atoms with Gasteiger partial charge in [-0.25, -0.2) is 0 Å². The third-order valence-electron chi connectivity index (χ3n) is 3.35. The zero-order valence-electron chi connectivity index (χ0n) is 9.23. The molecule has 2 heteroatoms. The van der Waals surface area contributed by atoms with Crippen LogP contribution in [0.5, 0.6) is 0 Å². The quantitative estimate of drug-likeness (QED) is 0.752. The van der Waals surface area contributed by atoms with Crippen LogP contribution in [0.4, 0.5) is 0 Å². The molecule has 0 aliphatic heterocycles. The number of hydrogen-bond acceptors (Lipinski definition) is 2. The van der Waals surface area contributed by atoms with Gasteiger partial charge in [-0.05, 0) is 42.9 Å². The first-order chi connectivity index (χ1) is 7.34. The Bertz CT molecular complexity index is 284. The Kier molecular flexibility index (Phi) is 3.73. The Labute approximate surface area is 91.9 Å². The van der Waals surface area contributed by atoms with Crippen molar-refractivity contribution in [2.45, 2.75) is 44.6 Å². The lowest BCUT2D eigenvalue weighted by Crippen LogP contribution is -2.22. The minimum atomic E-state index is 0.430. The molecule has 82 valence electrons. The summed E-state index contributed by atoms with van der Waals surface area (Å²) >= 11 is 0. The van der Waals surface area contributed by atoms with Crippen molar-refractivity contribution < 1.29 is 0 Å². The smallest absolute Gasteiger partial charge is 0.0270 e. The van der Waals surface area contributed by atoms with E-state index in [0.29, 0.717) is 6.04 Å². The summed E-state index contributed by atoms with van der Waals surface area (Å²) in [6.07, 6.45) is 11.4. The molecule has 0 radical (unpaired) electrons. The van der Waals surface area contributed by atoms with E-state index in [-0.39, 0.29) is 0 Å². The van der Waals surface area contributed by atoms with Gasteiger partial charge in [0.2, 0.25) is 0 Å². The van der Waals surface area contributed by atoms with Crippen LogP contribution in [-0.4, -0.2) is 11.0 Å². The standard InChI is InChI=1S/C13H20N2/c14-13-4-2-1-3-12(10-13)9-11-5-7-15-8-6-11/h5-8,12-13H,1-4,9-10,14H2. The molecule has 0 amide bonds. The maximum absolute atomic E-state index is 6.07. The highest BCUT2D eigenvalue weighted by Gasteiger charge is 2.17. The SMILES string of the molecule is NC1CCCCC(Cc2ccncc2)C1. The molecule has 2 atom stereocenters. The molecule has 0 aromatic carbocycles. The average molecular weight is 204 g/mol.